The Hall–Kier alpha value is -2.53. The van der Waals surface area contributed by atoms with Gasteiger partial charge in [-0.25, -0.2) is 0 Å². The molecule has 3 rings (SSSR count). The van der Waals surface area contributed by atoms with Crippen LogP contribution in [0.25, 0.3) is 11.5 Å². The fraction of sp³-hybridized carbons (Fsp3) is 0.0667. The Kier molecular flexibility index (Phi) is 3.50. The monoisotopic (exact) mass is 301 g/mol. The van der Waals surface area contributed by atoms with Crippen LogP contribution in [-0.2, 0) is 6.42 Å². The van der Waals surface area contributed by atoms with Gasteiger partial charge in [0, 0.05) is 17.0 Å². The molecule has 0 aliphatic heterocycles. The molecule has 0 spiro atoms. The highest BCUT2D eigenvalue weighted by Gasteiger charge is 2.10. The second-order valence-electron chi connectivity index (χ2n) is 4.59. The van der Waals surface area contributed by atoms with Crippen molar-refractivity contribution < 1.29 is 9.63 Å². The number of hydrogen-bond acceptors (Lipinski definition) is 5. The minimum absolute atomic E-state index is 0.0275. The highest BCUT2D eigenvalue weighted by atomic mass is 35.5. The zero-order valence-corrected chi connectivity index (χ0v) is 11.7. The van der Waals surface area contributed by atoms with Gasteiger partial charge < -0.3 is 15.4 Å². The van der Waals surface area contributed by atoms with Crippen LogP contribution in [0.2, 0.25) is 5.02 Å². The van der Waals surface area contributed by atoms with E-state index in [0.29, 0.717) is 28.7 Å². The molecule has 3 aromatic rings. The number of hydrogen-bond donors (Lipinski definition) is 2. The summed E-state index contributed by atoms with van der Waals surface area (Å²) in [4.78, 5) is 4.32. The van der Waals surface area contributed by atoms with Crippen molar-refractivity contribution in [2.45, 2.75) is 6.42 Å². The third kappa shape index (κ3) is 2.98. The third-order valence-electron chi connectivity index (χ3n) is 3.02. The lowest BCUT2D eigenvalue weighted by atomic mass is 10.1. The van der Waals surface area contributed by atoms with E-state index in [4.69, 9.17) is 21.9 Å². The Morgan fingerprint density at radius 1 is 1.14 bits per heavy atom. The predicted octanol–water partition coefficient (Wildman–Crippen LogP) is 3.27. The van der Waals surface area contributed by atoms with E-state index < -0.39 is 0 Å². The van der Waals surface area contributed by atoms with Gasteiger partial charge in [0.2, 0.25) is 0 Å². The molecule has 0 saturated carbocycles. The fourth-order valence-corrected chi connectivity index (χ4v) is 2.04. The molecule has 0 unspecified atom stereocenters. The largest absolute Gasteiger partial charge is 0.506 e. The molecule has 0 fully saturated rings. The zero-order chi connectivity index (χ0) is 14.8. The molecule has 0 saturated heterocycles. The van der Waals surface area contributed by atoms with Crippen LogP contribution in [0, 0.1) is 0 Å². The first-order valence-electron chi connectivity index (χ1n) is 6.28. The van der Waals surface area contributed by atoms with Crippen LogP contribution < -0.4 is 5.73 Å². The summed E-state index contributed by atoms with van der Waals surface area (Å²) < 4.78 is 5.22. The normalized spacial score (nSPS) is 10.7. The van der Waals surface area contributed by atoms with Gasteiger partial charge >= 0.3 is 0 Å². The van der Waals surface area contributed by atoms with Gasteiger partial charge in [-0.05, 0) is 35.9 Å². The maximum atomic E-state index is 9.41. The summed E-state index contributed by atoms with van der Waals surface area (Å²) >= 11 is 5.84. The summed E-state index contributed by atoms with van der Waals surface area (Å²) in [6.45, 7) is 0. The lowest BCUT2D eigenvalue weighted by molar-refractivity contribution is 0.424. The molecule has 106 valence electrons. The third-order valence-corrected chi connectivity index (χ3v) is 3.27. The average molecular weight is 302 g/mol. The van der Waals surface area contributed by atoms with Crippen LogP contribution >= 0.6 is 11.6 Å². The number of aromatic hydroxyl groups is 1. The summed E-state index contributed by atoms with van der Waals surface area (Å²) in [6, 6.07) is 12.2. The Balaban J connectivity index is 1.82. The standard InChI is InChI=1S/C15H12ClN3O2/c16-11-4-1-9(2-5-11)7-14-18-15(21-19-14)10-3-6-13(20)12(17)8-10/h1-6,8,20H,7,17H2. The molecule has 1 heterocycles. The van der Waals surface area contributed by atoms with Gasteiger partial charge in [-0.1, -0.05) is 28.9 Å². The molecule has 3 N–H and O–H groups in total. The van der Waals surface area contributed by atoms with Gasteiger partial charge in [0.25, 0.3) is 5.89 Å². The minimum Gasteiger partial charge on any atom is -0.506 e. The molecule has 0 amide bonds. The van der Waals surface area contributed by atoms with E-state index in [1.807, 2.05) is 24.3 Å². The number of nitrogen functional groups attached to an aromatic ring is 1. The number of nitrogens with two attached hydrogens (primary N) is 1. The van der Waals surface area contributed by atoms with E-state index in [1.54, 1.807) is 12.1 Å². The smallest absolute Gasteiger partial charge is 0.258 e. The van der Waals surface area contributed by atoms with Crippen LogP contribution in [0.1, 0.15) is 11.4 Å². The molecule has 6 heteroatoms. The van der Waals surface area contributed by atoms with Crippen LogP contribution in [0.3, 0.4) is 0 Å². The fourth-order valence-electron chi connectivity index (χ4n) is 1.92. The summed E-state index contributed by atoms with van der Waals surface area (Å²) in [5, 5.41) is 14.0. The molecular weight excluding hydrogens is 290 g/mol. The van der Waals surface area contributed by atoms with E-state index in [9.17, 15) is 5.11 Å². The molecule has 2 aromatic carbocycles. The first kappa shape index (κ1) is 13.5. The molecule has 5 nitrogen and oxygen atoms in total. The Bertz CT molecular complexity index is 769. The van der Waals surface area contributed by atoms with Crippen molar-refractivity contribution in [2.24, 2.45) is 0 Å². The lowest BCUT2D eigenvalue weighted by Gasteiger charge is -1.99. The molecule has 21 heavy (non-hydrogen) atoms. The second-order valence-corrected chi connectivity index (χ2v) is 5.03. The number of nitrogens with zero attached hydrogens (tertiary/aromatic N) is 2. The quantitative estimate of drug-likeness (QED) is 0.573. The highest BCUT2D eigenvalue weighted by Crippen LogP contribution is 2.26. The number of phenols is 1. The van der Waals surface area contributed by atoms with Crippen molar-refractivity contribution in [1.82, 2.24) is 10.1 Å². The number of benzene rings is 2. The van der Waals surface area contributed by atoms with Crippen LogP contribution in [-0.4, -0.2) is 15.2 Å². The molecule has 0 radical (unpaired) electrons. The summed E-state index contributed by atoms with van der Waals surface area (Å²) in [5.74, 6) is 0.962. The van der Waals surface area contributed by atoms with E-state index in [-0.39, 0.29) is 11.4 Å². The number of anilines is 1. The van der Waals surface area contributed by atoms with Gasteiger partial charge in [-0.3, -0.25) is 0 Å². The van der Waals surface area contributed by atoms with Gasteiger partial charge in [-0.15, -0.1) is 0 Å². The minimum atomic E-state index is 0.0275. The van der Waals surface area contributed by atoms with E-state index in [0.717, 1.165) is 5.56 Å². The molecule has 0 aliphatic carbocycles. The van der Waals surface area contributed by atoms with Gasteiger partial charge in [-0.2, -0.15) is 4.98 Å². The first-order valence-corrected chi connectivity index (χ1v) is 6.65. The Morgan fingerprint density at radius 2 is 1.90 bits per heavy atom. The van der Waals surface area contributed by atoms with Crippen molar-refractivity contribution in [3.8, 4) is 17.2 Å². The number of halogens is 1. The van der Waals surface area contributed by atoms with E-state index >= 15 is 0 Å². The second kappa shape index (κ2) is 5.46. The van der Waals surface area contributed by atoms with E-state index in [2.05, 4.69) is 10.1 Å². The average Bonchev–Trinajstić information content (AvgIpc) is 2.93. The molecule has 1 aromatic heterocycles. The van der Waals surface area contributed by atoms with Gasteiger partial charge in [0.05, 0.1) is 5.69 Å². The summed E-state index contributed by atoms with van der Waals surface area (Å²) in [6.07, 6.45) is 0.550. The maximum absolute atomic E-state index is 9.41. The van der Waals surface area contributed by atoms with Crippen LogP contribution in [0.5, 0.6) is 5.75 Å². The molecule has 0 bridgehead atoms. The van der Waals surface area contributed by atoms with Crippen LogP contribution in [0.15, 0.2) is 47.0 Å². The number of rotatable bonds is 3. The maximum Gasteiger partial charge on any atom is 0.258 e. The van der Waals surface area contributed by atoms with E-state index in [1.165, 1.54) is 6.07 Å². The number of phenolic OH excluding ortho intramolecular Hbond substituents is 1. The van der Waals surface area contributed by atoms with Crippen molar-refractivity contribution in [2.75, 3.05) is 5.73 Å². The van der Waals surface area contributed by atoms with Crippen molar-refractivity contribution in [3.05, 3.63) is 58.9 Å². The summed E-state index contributed by atoms with van der Waals surface area (Å²) in [5.41, 5.74) is 7.62. The van der Waals surface area contributed by atoms with Crippen molar-refractivity contribution >= 4 is 17.3 Å². The van der Waals surface area contributed by atoms with Gasteiger partial charge in [0.15, 0.2) is 5.82 Å². The topological polar surface area (TPSA) is 85.2 Å². The molecule has 0 atom stereocenters. The predicted molar refractivity (Wildman–Crippen MR) is 80.1 cm³/mol. The van der Waals surface area contributed by atoms with Gasteiger partial charge in [0.1, 0.15) is 5.75 Å². The summed E-state index contributed by atoms with van der Waals surface area (Å²) in [7, 11) is 0. The Labute approximate surface area is 126 Å². The molecule has 0 aliphatic rings. The SMILES string of the molecule is Nc1cc(-c2nc(Cc3ccc(Cl)cc3)no2)ccc1O. The number of aromatic nitrogens is 2. The molecular formula is C15H12ClN3O2. The Morgan fingerprint density at radius 3 is 2.62 bits per heavy atom. The van der Waals surface area contributed by atoms with Crippen molar-refractivity contribution in [3.63, 3.8) is 0 Å². The van der Waals surface area contributed by atoms with Crippen molar-refractivity contribution in [1.29, 1.82) is 0 Å². The first-order chi connectivity index (χ1) is 10.1. The zero-order valence-electron chi connectivity index (χ0n) is 11.0. The highest BCUT2D eigenvalue weighted by molar-refractivity contribution is 6.30. The van der Waals surface area contributed by atoms with Crippen LogP contribution in [0.4, 0.5) is 5.69 Å². The lowest BCUT2D eigenvalue weighted by Crippen LogP contribution is -1.91.